The zero-order chi connectivity index (χ0) is 13.8. The molecule has 0 bridgehead atoms. The van der Waals surface area contributed by atoms with Gasteiger partial charge in [0.25, 0.3) is 0 Å². The summed E-state index contributed by atoms with van der Waals surface area (Å²) in [4.78, 5) is 7.13. The second-order valence-corrected chi connectivity index (χ2v) is 5.68. The van der Waals surface area contributed by atoms with Crippen LogP contribution in [0.5, 0.6) is 0 Å². The van der Waals surface area contributed by atoms with Crippen molar-refractivity contribution in [3.63, 3.8) is 0 Å². The minimum absolute atomic E-state index is 0.504. The fraction of sp³-hybridized carbons (Fsp3) is 0.471. The van der Waals surface area contributed by atoms with Crippen molar-refractivity contribution in [2.75, 3.05) is 20.6 Å². The molecule has 1 aromatic heterocycles. The molecule has 0 aliphatic heterocycles. The standard InChI is InChI=1S/C17H24N2/c1-5-13(2)15(12-19(3)4)17-11-10-14-8-6-7-9-16(14)18-17/h6-11,13,15H,5,12H2,1-4H3. The summed E-state index contributed by atoms with van der Waals surface area (Å²) in [5, 5.41) is 1.22. The van der Waals surface area contributed by atoms with Crippen molar-refractivity contribution in [3.8, 4) is 0 Å². The van der Waals surface area contributed by atoms with Crippen molar-refractivity contribution in [2.24, 2.45) is 5.92 Å². The molecular weight excluding hydrogens is 232 g/mol. The van der Waals surface area contributed by atoms with Gasteiger partial charge in [-0.3, -0.25) is 4.98 Å². The van der Waals surface area contributed by atoms with Gasteiger partial charge in [-0.05, 0) is 32.1 Å². The number of hydrogen-bond donors (Lipinski definition) is 0. The van der Waals surface area contributed by atoms with Crippen molar-refractivity contribution in [2.45, 2.75) is 26.2 Å². The maximum atomic E-state index is 4.87. The zero-order valence-electron chi connectivity index (χ0n) is 12.4. The second kappa shape index (κ2) is 6.16. The van der Waals surface area contributed by atoms with Gasteiger partial charge in [0.05, 0.1) is 5.52 Å². The number of likely N-dealkylation sites (N-methyl/N-ethyl adjacent to an activating group) is 1. The Labute approximate surface area is 116 Å². The highest BCUT2D eigenvalue weighted by atomic mass is 15.1. The van der Waals surface area contributed by atoms with Crippen LogP contribution in [0.25, 0.3) is 10.9 Å². The summed E-state index contributed by atoms with van der Waals surface area (Å²) >= 11 is 0. The first-order valence-corrected chi connectivity index (χ1v) is 7.12. The van der Waals surface area contributed by atoms with E-state index in [-0.39, 0.29) is 0 Å². The first kappa shape index (κ1) is 14.0. The molecule has 0 fully saturated rings. The van der Waals surface area contributed by atoms with Gasteiger partial charge in [-0.15, -0.1) is 0 Å². The van der Waals surface area contributed by atoms with Crippen molar-refractivity contribution < 1.29 is 0 Å². The molecule has 0 amide bonds. The molecule has 2 unspecified atom stereocenters. The summed E-state index contributed by atoms with van der Waals surface area (Å²) in [5.41, 5.74) is 2.33. The van der Waals surface area contributed by atoms with Crippen LogP contribution in [0.2, 0.25) is 0 Å². The molecular formula is C17H24N2. The van der Waals surface area contributed by atoms with Crippen LogP contribution in [0.4, 0.5) is 0 Å². The highest BCUT2D eigenvalue weighted by Crippen LogP contribution is 2.27. The lowest BCUT2D eigenvalue weighted by Gasteiger charge is -2.26. The van der Waals surface area contributed by atoms with E-state index in [1.54, 1.807) is 0 Å². The predicted octanol–water partition coefficient (Wildman–Crippen LogP) is 3.93. The van der Waals surface area contributed by atoms with Gasteiger partial charge >= 0.3 is 0 Å². The lowest BCUT2D eigenvalue weighted by atomic mass is 9.88. The van der Waals surface area contributed by atoms with Gasteiger partial charge < -0.3 is 4.90 Å². The van der Waals surface area contributed by atoms with Crippen LogP contribution in [0.15, 0.2) is 36.4 Å². The first-order chi connectivity index (χ1) is 9.11. The molecule has 0 N–H and O–H groups in total. The van der Waals surface area contributed by atoms with E-state index in [9.17, 15) is 0 Å². The highest BCUT2D eigenvalue weighted by Gasteiger charge is 2.20. The van der Waals surface area contributed by atoms with E-state index in [0.29, 0.717) is 11.8 Å². The van der Waals surface area contributed by atoms with Crippen LogP contribution in [0, 0.1) is 5.92 Å². The summed E-state index contributed by atoms with van der Waals surface area (Å²) in [6.07, 6.45) is 1.19. The van der Waals surface area contributed by atoms with Gasteiger partial charge in [-0.25, -0.2) is 0 Å². The minimum Gasteiger partial charge on any atom is -0.309 e. The molecule has 2 heteroatoms. The van der Waals surface area contributed by atoms with Crippen molar-refractivity contribution >= 4 is 10.9 Å². The third-order valence-corrected chi connectivity index (χ3v) is 3.89. The Kier molecular flexibility index (Phi) is 4.54. The number of rotatable bonds is 5. The molecule has 1 aromatic carbocycles. The lowest BCUT2D eigenvalue weighted by molar-refractivity contribution is 0.311. The largest absolute Gasteiger partial charge is 0.309 e. The van der Waals surface area contributed by atoms with Crippen LogP contribution in [-0.2, 0) is 0 Å². The number of nitrogens with zero attached hydrogens (tertiary/aromatic N) is 2. The van der Waals surface area contributed by atoms with Crippen LogP contribution in [0.3, 0.4) is 0 Å². The molecule has 0 aliphatic rings. The van der Waals surface area contributed by atoms with E-state index in [2.05, 4.69) is 69.2 Å². The molecule has 1 heterocycles. The van der Waals surface area contributed by atoms with E-state index in [4.69, 9.17) is 4.98 Å². The van der Waals surface area contributed by atoms with Crippen LogP contribution < -0.4 is 0 Å². The maximum absolute atomic E-state index is 4.87. The van der Waals surface area contributed by atoms with Crippen molar-refractivity contribution in [1.29, 1.82) is 0 Å². The SMILES string of the molecule is CCC(C)C(CN(C)C)c1ccc2ccccc2n1. The van der Waals surface area contributed by atoms with Crippen LogP contribution >= 0.6 is 0 Å². The number of para-hydroxylation sites is 1. The Morgan fingerprint density at radius 3 is 2.53 bits per heavy atom. The Morgan fingerprint density at radius 2 is 1.84 bits per heavy atom. The summed E-state index contributed by atoms with van der Waals surface area (Å²) in [6.45, 7) is 5.64. The third-order valence-electron chi connectivity index (χ3n) is 3.89. The minimum atomic E-state index is 0.504. The Bertz CT molecular complexity index is 534. The average molecular weight is 256 g/mol. The predicted molar refractivity (Wildman–Crippen MR) is 82.5 cm³/mol. The van der Waals surface area contributed by atoms with E-state index in [1.165, 1.54) is 17.5 Å². The number of benzene rings is 1. The Hall–Kier alpha value is -1.41. The zero-order valence-corrected chi connectivity index (χ0v) is 12.4. The third kappa shape index (κ3) is 3.32. The van der Waals surface area contributed by atoms with E-state index < -0.39 is 0 Å². The monoisotopic (exact) mass is 256 g/mol. The smallest absolute Gasteiger partial charge is 0.0705 e. The van der Waals surface area contributed by atoms with Gasteiger partial charge in [0.15, 0.2) is 0 Å². The van der Waals surface area contributed by atoms with E-state index in [0.717, 1.165) is 12.1 Å². The summed E-state index contributed by atoms with van der Waals surface area (Å²) < 4.78 is 0. The van der Waals surface area contributed by atoms with Crippen LogP contribution in [0.1, 0.15) is 31.9 Å². The molecule has 0 aliphatic carbocycles. The van der Waals surface area contributed by atoms with Crippen molar-refractivity contribution in [3.05, 3.63) is 42.1 Å². The maximum Gasteiger partial charge on any atom is 0.0705 e. The topological polar surface area (TPSA) is 16.1 Å². The van der Waals surface area contributed by atoms with E-state index in [1.807, 2.05) is 0 Å². The fourth-order valence-electron chi connectivity index (χ4n) is 2.53. The molecule has 0 radical (unpaired) electrons. The summed E-state index contributed by atoms with van der Waals surface area (Å²) in [5.74, 6) is 1.15. The number of aromatic nitrogens is 1. The van der Waals surface area contributed by atoms with Crippen LogP contribution in [-0.4, -0.2) is 30.5 Å². The second-order valence-electron chi connectivity index (χ2n) is 5.68. The molecule has 0 saturated heterocycles. The molecule has 2 atom stereocenters. The lowest BCUT2D eigenvalue weighted by Crippen LogP contribution is -2.25. The summed E-state index contributed by atoms with van der Waals surface area (Å²) in [6, 6.07) is 12.7. The fourth-order valence-corrected chi connectivity index (χ4v) is 2.53. The number of fused-ring (bicyclic) bond motifs is 1. The number of hydrogen-bond acceptors (Lipinski definition) is 2. The molecule has 2 rings (SSSR count). The molecule has 0 saturated carbocycles. The van der Waals surface area contributed by atoms with Gasteiger partial charge in [0.1, 0.15) is 0 Å². The molecule has 0 spiro atoms. The van der Waals surface area contributed by atoms with E-state index >= 15 is 0 Å². The Balaban J connectivity index is 2.37. The highest BCUT2D eigenvalue weighted by molar-refractivity contribution is 5.78. The first-order valence-electron chi connectivity index (χ1n) is 7.12. The van der Waals surface area contributed by atoms with Crippen molar-refractivity contribution in [1.82, 2.24) is 9.88 Å². The normalized spacial score (nSPS) is 14.8. The van der Waals surface area contributed by atoms with Gasteiger partial charge in [-0.2, -0.15) is 0 Å². The Morgan fingerprint density at radius 1 is 1.11 bits per heavy atom. The quantitative estimate of drug-likeness (QED) is 0.806. The molecule has 2 aromatic rings. The van der Waals surface area contributed by atoms with Gasteiger partial charge in [-0.1, -0.05) is 44.5 Å². The molecule has 19 heavy (non-hydrogen) atoms. The van der Waals surface area contributed by atoms with Gasteiger partial charge in [0.2, 0.25) is 0 Å². The molecule has 2 nitrogen and oxygen atoms in total. The van der Waals surface area contributed by atoms with Gasteiger partial charge in [0, 0.05) is 23.5 Å². The summed E-state index contributed by atoms with van der Waals surface area (Å²) in [7, 11) is 4.27. The number of pyridine rings is 1. The molecule has 102 valence electrons. The average Bonchev–Trinajstić information content (AvgIpc) is 2.43.